The zero-order valence-corrected chi connectivity index (χ0v) is 13.1. The van der Waals surface area contributed by atoms with E-state index >= 15 is 0 Å². The molecule has 0 bridgehead atoms. The molecule has 1 aromatic heterocycles. The summed E-state index contributed by atoms with van der Waals surface area (Å²) in [6.45, 7) is 4.30. The minimum absolute atomic E-state index is 0.673. The zero-order chi connectivity index (χ0) is 14.7. The van der Waals surface area contributed by atoms with Gasteiger partial charge in [-0.3, -0.25) is 4.98 Å². The molecular formula is C18H25N3. The van der Waals surface area contributed by atoms with Crippen molar-refractivity contribution in [3.63, 3.8) is 0 Å². The van der Waals surface area contributed by atoms with Gasteiger partial charge in [-0.05, 0) is 44.9 Å². The smallest absolute Gasteiger partial charge is 0.0726 e. The zero-order valence-electron chi connectivity index (χ0n) is 13.1. The summed E-state index contributed by atoms with van der Waals surface area (Å²) in [6, 6.07) is 11.5. The maximum Gasteiger partial charge on any atom is 0.0726 e. The van der Waals surface area contributed by atoms with Crippen LogP contribution in [0.1, 0.15) is 38.3 Å². The monoisotopic (exact) mass is 283 g/mol. The number of rotatable bonds is 4. The van der Waals surface area contributed by atoms with E-state index in [1.165, 1.54) is 43.3 Å². The Morgan fingerprint density at radius 1 is 1.29 bits per heavy atom. The molecule has 3 rings (SSSR count). The highest BCUT2D eigenvalue weighted by atomic mass is 15.2. The average Bonchev–Trinajstić information content (AvgIpc) is 2.54. The molecule has 1 aromatic carbocycles. The third-order valence-electron chi connectivity index (χ3n) is 4.51. The van der Waals surface area contributed by atoms with Crippen molar-refractivity contribution in [3.8, 4) is 0 Å². The molecule has 0 spiro atoms. The van der Waals surface area contributed by atoms with E-state index in [2.05, 4.69) is 47.5 Å². The minimum Gasteiger partial charge on any atom is -0.368 e. The van der Waals surface area contributed by atoms with Crippen LogP contribution >= 0.6 is 0 Å². The summed E-state index contributed by atoms with van der Waals surface area (Å²) in [5.41, 5.74) is 3.62. The van der Waals surface area contributed by atoms with Gasteiger partial charge in [-0.15, -0.1) is 0 Å². The molecular weight excluding hydrogens is 258 g/mol. The minimum atomic E-state index is 0.673. The second-order valence-electron chi connectivity index (χ2n) is 5.93. The fraction of sp³-hybridized carbons (Fsp3) is 0.500. The van der Waals surface area contributed by atoms with Gasteiger partial charge in [-0.25, -0.2) is 0 Å². The Kier molecular flexibility index (Phi) is 4.39. The summed E-state index contributed by atoms with van der Waals surface area (Å²) in [5.74, 6) is 0. The van der Waals surface area contributed by atoms with Gasteiger partial charge in [-0.2, -0.15) is 0 Å². The van der Waals surface area contributed by atoms with Crippen LogP contribution in [0.3, 0.4) is 0 Å². The van der Waals surface area contributed by atoms with Crippen molar-refractivity contribution in [1.82, 2.24) is 10.3 Å². The van der Waals surface area contributed by atoms with Gasteiger partial charge in [-0.1, -0.05) is 25.1 Å². The maximum absolute atomic E-state index is 4.78. The molecule has 1 N–H and O–H groups in total. The van der Waals surface area contributed by atoms with Crippen molar-refractivity contribution in [2.75, 3.05) is 18.5 Å². The number of hydrogen-bond donors (Lipinski definition) is 1. The van der Waals surface area contributed by atoms with E-state index in [1.54, 1.807) is 0 Å². The van der Waals surface area contributed by atoms with Gasteiger partial charge in [0.1, 0.15) is 0 Å². The number of pyridine rings is 1. The molecule has 1 aliphatic rings. The number of benzene rings is 1. The van der Waals surface area contributed by atoms with Crippen molar-refractivity contribution in [2.24, 2.45) is 0 Å². The number of aromatic nitrogens is 1. The summed E-state index contributed by atoms with van der Waals surface area (Å²) < 4.78 is 0. The highest BCUT2D eigenvalue weighted by Crippen LogP contribution is 2.32. The van der Waals surface area contributed by atoms with Crippen molar-refractivity contribution in [2.45, 2.75) is 45.2 Å². The van der Waals surface area contributed by atoms with Gasteiger partial charge in [0.15, 0.2) is 0 Å². The van der Waals surface area contributed by atoms with E-state index in [0.29, 0.717) is 6.04 Å². The first-order chi connectivity index (χ1) is 10.3. The third kappa shape index (κ3) is 2.88. The van der Waals surface area contributed by atoms with Gasteiger partial charge in [0.05, 0.1) is 11.2 Å². The van der Waals surface area contributed by atoms with E-state index in [0.717, 1.165) is 17.8 Å². The molecule has 1 fully saturated rings. The first kappa shape index (κ1) is 14.3. The van der Waals surface area contributed by atoms with Crippen LogP contribution in [-0.2, 0) is 6.54 Å². The fourth-order valence-corrected chi connectivity index (χ4v) is 3.46. The first-order valence-corrected chi connectivity index (χ1v) is 8.13. The molecule has 1 aliphatic heterocycles. The van der Waals surface area contributed by atoms with Crippen LogP contribution in [0.15, 0.2) is 30.3 Å². The number of fused-ring (bicyclic) bond motifs is 1. The molecule has 21 heavy (non-hydrogen) atoms. The van der Waals surface area contributed by atoms with Crippen LogP contribution in [0.4, 0.5) is 5.69 Å². The van der Waals surface area contributed by atoms with Crippen molar-refractivity contribution in [1.29, 1.82) is 0 Å². The van der Waals surface area contributed by atoms with Gasteiger partial charge in [0.25, 0.3) is 0 Å². The lowest BCUT2D eigenvalue weighted by Crippen LogP contribution is -2.39. The van der Waals surface area contributed by atoms with Crippen molar-refractivity contribution >= 4 is 16.6 Å². The van der Waals surface area contributed by atoms with E-state index < -0.39 is 0 Å². The predicted octanol–water partition coefficient (Wildman–Crippen LogP) is 3.72. The number of para-hydroxylation sites is 1. The van der Waals surface area contributed by atoms with Gasteiger partial charge >= 0.3 is 0 Å². The predicted molar refractivity (Wildman–Crippen MR) is 89.8 cm³/mol. The Morgan fingerprint density at radius 3 is 2.95 bits per heavy atom. The second-order valence-corrected chi connectivity index (χ2v) is 5.93. The Morgan fingerprint density at radius 2 is 2.14 bits per heavy atom. The van der Waals surface area contributed by atoms with Crippen LogP contribution < -0.4 is 10.2 Å². The van der Waals surface area contributed by atoms with Gasteiger partial charge in [0, 0.05) is 30.2 Å². The molecule has 3 heteroatoms. The molecule has 112 valence electrons. The van der Waals surface area contributed by atoms with Crippen molar-refractivity contribution in [3.05, 3.63) is 36.0 Å². The molecule has 0 amide bonds. The summed E-state index contributed by atoms with van der Waals surface area (Å²) in [6.07, 6.45) is 5.20. The average molecular weight is 283 g/mol. The number of anilines is 1. The molecule has 3 nitrogen and oxygen atoms in total. The molecule has 1 unspecified atom stereocenters. The molecule has 1 saturated heterocycles. The van der Waals surface area contributed by atoms with Crippen LogP contribution in [0.2, 0.25) is 0 Å². The molecule has 2 aromatic rings. The summed E-state index contributed by atoms with van der Waals surface area (Å²) in [4.78, 5) is 7.40. The van der Waals surface area contributed by atoms with E-state index in [9.17, 15) is 0 Å². The standard InChI is InChI=1S/C18H25N3/c1-3-15-8-6-7-11-21(15)18-12-14(13-19-2)20-17-10-5-4-9-16(17)18/h4-5,9-10,12,15,19H,3,6-8,11,13H2,1-2H3. The largest absolute Gasteiger partial charge is 0.368 e. The maximum atomic E-state index is 4.78. The second kappa shape index (κ2) is 6.44. The third-order valence-corrected chi connectivity index (χ3v) is 4.51. The molecule has 2 heterocycles. The molecule has 0 radical (unpaired) electrons. The van der Waals surface area contributed by atoms with Gasteiger partial charge in [0.2, 0.25) is 0 Å². The number of nitrogens with one attached hydrogen (secondary N) is 1. The van der Waals surface area contributed by atoms with Crippen LogP contribution in [0.25, 0.3) is 10.9 Å². The molecule has 0 aliphatic carbocycles. The normalized spacial score (nSPS) is 19.1. The number of hydrogen-bond acceptors (Lipinski definition) is 3. The summed E-state index contributed by atoms with van der Waals surface area (Å²) >= 11 is 0. The van der Waals surface area contributed by atoms with E-state index in [-0.39, 0.29) is 0 Å². The quantitative estimate of drug-likeness (QED) is 0.927. The summed E-state index contributed by atoms with van der Waals surface area (Å²) in [7, 11) is 1.98. The highest BCUT2D eigenvalue weighted by Gasteiger charge is 2.23. The highest BCUT2D eigenvalue weighted by molar-refractivity contribution is 5.92. The Balaban J connectivity index is 2.10. The van der Waals surface area contributed by atoms with Crippen molar-refractivity contribution < 1.29 is 0 Å². The van der Waals surface area contributed by atoms with Crippen LogP contribution in [-0.4, -0.2) is 24.6 Å². The van der Waals surface area contributed by atoms with E-state index in [1.807, 2.05) is 7.05 Å². The lowest BCUT2D eigenvalue weighted by Gasteiger charge is -2.38. The van der Waals surface area contributed by atoms with Crippen LogP contribution in [0.5, 0.6) is 0 Å². The number of piperidine rings is 1. The Bertz CT molecular complexity index is 608. The molecule has 0 saturated carbocycles. The number of nitrogens with zero attached hydrogens (tertiary/aromatic N) is 2. The first-order valence-electron chi connectivity index (χ1n) is 8.13. The summed E-state index contributed by atoms with van der Waals surface area (Å²) in [5, 5.41) is 4.51. The lowest BCUT2D eigenvalue weighted by molar-refractivity contribution is 0.450. The Hall–Kier alpha value is -1.61. The van der Waals surface area contributed by atoms with Gasteiger partial charge < -0.3 is 10.2 Å². The SMILES string of the molecule is CCC1CCCCN1c1cc(CNC)nc2ccccc12. The lowest BCUT2D eigenvalue weighted by atomic mass is 9.98. The van der Waals surface area contributed by atoms with E-state index in [4.69, 9.17) is 4.98 Å². The topological polar surface area (TPSA) is 28.2 Å². The fourth-order valence-electron chi connectivity index (χ4n) is 3.46. The Labute approximate surface area is 127 Å². The van der Waals surface area contributed by atoms with Crippen LogP contribution in [0, 0.1) is 0 Å². The molecule has 1 atom stereocenters.